The smallest absolute Gasteiger partial charge is 0.244 e. The molecule has 3 rings (SSSR count). The van der Waals surface area contributed by atoms with E-state index in [0.29, 0.717) is 23.8 Å². The third-order valence-corrected chi connectivity index (χ3v) is 5.93. The molecule has 1 aliphatic heterocycles. The van der Waals surface area contributed by atoms with Crippen LogP contribution in [0.25, 0.3) is 0 Å². The molecule has 4 atom stereocenters. The lowest BCUT2D eigenvalue weighted by Gasteiger charge is -2.34. The highest BCUT2D eigenvalue weighted by atomic mass is 16.2. The molecule has 2 saturated carbocycles. The standard InChI is InChI=1S/C17H30N2O/c1-5-13-6-7-14(12(13)4)19-15(10-11(2)3)18-17(8-9-17)16(19)20/h11-15,18H,5-10H2,1-4H3. The second-order valence-corrected chi connectivity index (χ2v) is 7.76. The van der Waals surface area contributed by atoms with Crippen molar-refractivity contribution in [2.75, 3.05) is 0 Å². The van der Waals surface area contributed by atoms with Crippen molar-refractivity contribution in [1.29, 1.82) is 0 Å². The van der Waals surface area contributed by atoms with E-state index in [1.165, 1.54) is 19.3 Å². The molecule has 3 nitrogen and oxygen atoms in total. The number of hydrogen-bond donors (Lipinski definition) is 1. The molecule has 0 aromatic carbocycles. The fourth-order valence-electron chi connectivity index (χ4n) is 4.52. The van der Waals surface area contributed by atoms with Gasteiger partial charge in [0.1, 0.15) is 0 Å². The molecule has 3 fully saturated rings. The minimum absolute atomic E-state index is 0.149. The summed E-state index contributed by atoms with van der Waals surface area (Å²) in [6, 6.07) is 0.476. The first kappa shape index (κ1) is 14.4. The molecule has 1 heterocycles. The van der Waals surface area contributed by atoms with Crippen LogP contribution in [0.5, 0.6) is 0 Å². The van der Waals surface area contributed by atoms with Crippen molar-refractivity contribution in [3.05, 3.63) is 0 Å². The zero-order valence-electron chi connectivity index (χ0n) is 13.5. The van der Waals surface area contributed by atoms with E-state index < -0.39 is 0 Å². The van der Waals surface area contributed by atoms with Crippen LogP contribution >= 0.6 is 0 Å². The van der Waals surface area contributed by atoms with Gasteiger partial charge in [0, 0.05) is 6.04 Å². The first-order valence-corrected chi connectivity index (χ1v) is 8.59. The van der Waals surface area contributed by atoms with Crippen LogP contribution in [0, 0.1) is 17.8 Å². The summed E-state index contributed by atoms with van der Waals surface area (Å²) in [5, 5.41) is 3.68. The van der Waals surface area contributed by atoms with E-state index in [4.69, 9.17) is 0 Å². The number of nitrogens with zero attached hydrogens (tertiary/aromatic N) is 1. The van der Waals surface area contributed by atoms with Crippen LogP contribution in [0.4, 0.5) is 0 Å². The van der Waals surface area contributed by atoms with Gasteiger partial charge in [-0.1, -0.05) is 34.1 Å². The molecule has 2 aliphatic carbocycles. The molecule has 1 amide bonds. The highest BCUT2D eigenvalue weighted by Crippen LogP contribution is 2.47. The zero-order chi connectivity index (χ0) is 14.5. The van der Waals surface area contributed by atoms with E-state index >= 15 is 0 Å². The lowest BCUT2D eigenvalue weighted by molar-refractivity contribution is -0.134. The largest absolute Gasteiger partial charge is 0.322 e. The van der Waals surface area contributed by atoms with Crippen molar-refractivity contribution >= 4 is 5.91 Å². The van der Waals surface area contributed by atoms with E-state index in [-0.39, 0.29) is 11.7 Å². The van der Waals surface area contributed by atoms with Crippen LogP contribution in [-0.2, 0) is 4.79 Å². The molecule has 0 aromatic heterocycles. The van der Waals surface area contributed by atoms with Crippen molar-refractivity contribution in [3.8, 4) is 0 Å². The van der Waals surface area contributed by atoms with Gasteiger partial charge in [-0.05, 0) is 49.9 Å². The van der Waals surface area contributed by atoms with Gasteiger partial charge in [-0.2, -0.15) is 0 Å². The van der Waals surface area contributed by atoms with Crippen LogP contribution in [0.2, 0.25) is 0 Å². The summed E-state index contributed by atoms with van der Waals surface area (Å²) in [4.78, 5) is 15.1. The van der Waals surface area contributed by atoms with Gasteiger partial charge in [0.25, 0.3) is 0 Å². The Hall–Kier alpha value is -0.570. The summed E-state index contributed by atoms with van der Waals surface area (Å²) in [7, 11) is 0. The fraction of sp³-hybridized carbons (Fsp3) is 0.941. The molecular formula is C17H30N2O. The molecule has 114 valence electrons. The first-order valence-electron chi connectivity index (χ1n) is 8.59. The maximum Gasteiger partial charge on any atom is 0.244 e. The zero-order valence-corrected chi connectivity index (χ0v) is 13.5. The summed E-state index contributed by atoms with van der Waals surface area (Å²) >= 11 is 0. The molecule has 0 radical (unpaired) electrons. The minimum Gasteiger partial charge on any atom is -0.322 e. The summed E-state index contributed by atoms with van der Waals surface area (Å²) in [5.41, 5.74) is -0.149. The minimum atomic E-state index is -0.149. The highest BCUT2D eigenvalue weighted by Gasteiger charge is 2.61. The van der Waals surface area contributed by atoms with Crippen molar-refractivity contribution in [3.63, 3.8) is 0 Å². The number of carbonyl (C=O) groups excluding carboxylic acids is 1. The predicted octanol–water partition coefficient (Wildman–Crippen LogP) is 3.15. The maximum absolute atomic E-state index is 12.9. The Bertz CT molecular complexity index is 388. The van der Waals surface area contributed by atoms with Gasteiger partial charge < -0.3 is 4.90 Å². The Balaban J connectivity index is 1.80. The van der Waals surface area contributed by atoms with Crippen molar-refractivity contribution < 1.29 is 4.79 Å². The molecule has 4 unspecified atom stereocenters. The monoisotopic (exact) mass is 278 g/mol. The molecule has 0 aromatic rings. The quantitative estimate of drug-likeness (QED) is 0.857. The molecule has 1 spiro atoms. The van der Waals surface area contributed by atoms with Gasteiger partial charge in [0.2, 0.25) is 5.91 Å². The Morgan fingerprint density at radius 1 is 1.35 bits per heavy atom. The number of carbonyl (C=O) groups is 1. The molecule has 1 N–H and O–H groups in total. The van der Waals surface area contributed by atoms with E-state index in [2.05, 4.69) is 37.9 Å². The Morgan fingerprint density at radius 3 is 2.55 bits per heavy atom. The van der Waals surface area contributed by atoms with Crippen molar-refractivity contribution in [2.45, 2.75) is 84.0 Å². The average Bonchev–Trinajstić information content (AvgIpc) is 3.01. The van der Waals surface area contributed by atoms with E-state index in [1.54, 1.807) is 0 Å². The molecule has 3 heteroatoms. The maximum atomic E-state index is 12.9. The lowest BCUT2D eigenvalue weighted by Crippen LogP contribution is -2.47. The Morgan fingerprint density at radius 2 is 2.05 bits per heavy atom. The Labute approximate surface area is 123 Å². The van der Waals surface area contributed by atoms with Crippen LogP contribution in [-0.4, -0.2) is 28.6 Å². The molecule has 3 aliphatic rings. The van der Waals surface area contributed by atoms with Crippen molar-refractivity contribution in [2.24, 2.45) is 17.8 Å². The SMILES string of the molecule is CCC1CCC(N2C(=O)C3(CC3)NC2CC(C)C)C1C. The normalized spacial score (nSPS) is 39.2. The third kappa shape index (κ3) is 2.18. The van der Waals surface area contributed by atoms with Crippen LogP contribution in [0.1, 0.15) is 66.2 Å². The van der Waals surface area contributed by atoms with E-state index in [0.717, 1.165) is 25.2 Å². The first-order chi connectivity index (χ1) is 9.48. The second kappa shape index (κ2) is 5.01. The molecule has 0 bridgehead atoms. The van der Waals surface area contributed by atoms with Crippen LogP contribution in [0.3, 0.4) is 0 Å². The predicted molar refractivity (Wildman–Crippen MR) is 81.2 cm³/mol. The van der Waals surface area contributed by atoms with Crippen LogP contribution in [0.15, 0.2) is 0 Å². The number of amides is 1. The number of hydrogen-bond acceptors (Lipinski definition) is 2. The van der Waals surface area contributed by atoms with E-state index in [9.17, 15) is 4.79 Å². The summed E-state index contributed by atoms with van der Waals surface area (Å²) in [6.07, 6.45) is 7.24. The lowest BCUT2D eigenvalue weighted by atomic mass is 9.92. The van der Waals surface area contributed by atoms with Crippen LogP contribution < -0.4 is 5.32 Å². The van der Waals surface area contributed by atoms with Gasteiger partial charge in [-0.3, -0.25) is 10.1 Å². The fourth-order valence-corrected chi connectivity index (χ4v) is 4.52. The average molecular weight is 278 g/mol. The number of nitrogens with one attached hydrogen (secondary N) is 1. The molecule has 20 heavy (non-hydrogen) atoms. The van der Waals surface area contributed by atoms with Gasteiger partial charge in [0.15, 0.2) is 0 Å². The van der Waals surface area contributed by atoms with Gasteiger partial charge in [-0.15, -0.1) is 0 Å². The molecular weight excluding hydrogens is 248 g/mol. The third-order valence-electron chi connectivity index (χ3n) is 5.93. The summed E-state index contributed by atoms with van der Waals surface area (Å²) in [5.74, 6) is 2.52. The van der Waals surface area contributed by atoms with Crippen molar-refractivity contribution in [1.82, 2.24) is 10.2 Å². The highest BCUT2D eigenvalue weighted by molar-refractivity contribution is 5.92. The Kier molecular flexibility index (Phi) is 3.60. The second-order valence-electron chi connectivity index (χ2n) is 7.76. The molecule has 1 saturated heterocycles. The van der Waals surface area contributed by atoms with E-state index in [1.807, 2.05) is 0 Å². The van der Waals surface area contributed by atoms with Gasteiger partial charge in [-0.25, -0.2) is 0 Å². The van der Waals surface area contributed by atoms with Gasteiger partial charge in [0.05, 0.1) is 11.7 Å². The summed E-state index contributed by atoms with van der Waals surface area (Å²) < 4.78 is 0. The summed E-state index contributed by atoms with van der Waals surface area (Å²) in [6.45, 7) is 9.18. The van der Waals surface area contributed by atoms with Gasteiger partial charge >= 0.3 is 0 Å². The number of rotatable bonds is 4. The topological polar surface area (TPSA) is 32.3 Å².